The SMILES string of the molecule is N#Cc1ccc2c(c1)[nH]c(=O)c1nnc(CP(=O)(O)O)n12. The van der Waals surface area contributed by atoms with Crippen LogP contribution < -0.4 is 5.56 Å². The van der Waals surface area contributed by atoms with Gasteiger partial charge in [0.05, 0.1) is 22.7 Å². The molecule has 106 valence electrons. The molecule has 0 aliphatic carbocycles. The minimum atomic E-state index is -4.36. The monoisotopic (exact) mass is 305 g/mol. The summed E-state index contributed by atoms with van der Waals surface area (Å²) in [6.07, 6.45) is -0.632. The van der Waals surface area contributed by atoms with Gasteiger partial charge in [-0.05, 0) is 18.2 Å². The maximum atomic E-state index is 11.9. The molecule has 9 nitrogen and oxygen atoms in total. The second-order valence-corrected chi connectivity index (χ2v) is 6.04. The Labute approximate surface area is 116 Å². The zero-order valence-electron chi connectivity index (χ0n) is 10.4. The van der Waals surface area contributed by atoms with E-state index < -0.39 is 19.3 Å². The van der Waals surface area contributed by atoms with Gasteiger partial charge in [0.15, 0.2) is 0 Å². The molecule has 3 N–H and O–H groups in total. The summed E-state index contributed by atoms with van der Waals surface area (Å²) in [4.78, 5) is 32.6. The number of nitrogens with zero attached hydrogens (tertiary/aromatic N) is 4. The van der Waals surface area contributed by atoms with Crippen molar-refractivity contribution in [2.75, 3.05) is 0 Å². The fraction of sp³-hybridized carbons (Fsp3) is 0.0909. The van der Waals surface area contributed by atoms with Gasteiger partial charge in [0.2, 0.25) is 5.65 Å². The third-order valence-electron chi connectivity index (χ3n) is 2.90. The highest BCUT2D eigenvalue weighted by molar-refractivity contribution is 7.50. The van der Waals surface area contributed by atoms with E-state index in [9.17, 15) is 9.36 Å². The van der Waals surface area contributed by atoms with Crippen LogP contribution in [0.25, 0.3) is 16.7 Å². The van der Waals surface area contributed by atoms with Gasteiger partial charge in [-0.2, -0.15) is 5.26 Å². The first-order valence-electron chi connectivity index (χ1n) is 5.74. The largest absolute Gasteiger partial charge is 0.333 e. The highest BCUT2D eigenvalue weighted by atomic mass is 31.2. The van der Waals surface area contributed by atoms with Crippen LogP contribution in [0, 0.1) is 11.3 Å². The first-order valence-corrected chi connectivity index (χ1v) is 7.53. The molecule has 0 amide bonds. The molecule has 0 atom stereocenters. The number of fused-ring (bicyclic) bond motifs is 3. The Morgan fingerprint density at radius 2 is 2.14 bits per heavy atom. The highest BCUT2D eigenvalue weighted by Crippen LogP contribution is 2.38. The zero-order chi connectivity index (χ0) is 15.2. The van der Waals surface area contributed by atoms with Crippen molar-refractivity contribution in [1.82, 2.24) is 19.6 Å². The smallest absolute Gasteiger partial charge is 0.324 e. The van der Waals surface area contributed by atoms with E-state index in [2.05, 4.69) is 15.2 Å². The molecule has 3 rings (SSSR count). The lowest BCUT2D eigenvalue weighted by atomic mass is 10.2. The van der Waals surface area contributed by atoms with Crippen molar-refractivity contribution in [3.8, 4) is 6.07 Å². The third-order valence-corrected chi connectivity index (χ3v) is 3.59. The van der Waals surface area contributed by atoms with Gasteiger partial charge >= 0.3 is 7.60 Å². The van der Waals surface area contributed by atoms with Crippen LogP contribution in [0.2, 0.25) is 0 Å². The summed E-state index contributed by atoms with van der Waals surface area (Å²) in [6.45, 7) is 0. The Hall–Kier alpha value is -2.53. The Morgan fingerprint density at radius 3 is 2.81 bits per heavy atom. The Balaban J connectivity index is 2.41. The van der Waals surface area contributed by atoms with Crippen LogP contribution in [0.15, 0.2) is 23.0 Å². The first kappa shape index (κ1) is 13.5. The fourth-order valence-electron chi connectivity index (χ4n) is 2.08. The summed E-state index contributed by atoms with van der Waals surface area (Å²) in [5, 5.41) is 16.2. The van der Waals surface area contributed by atoms with E-state index in [1.54, 1.807) is 6.07 Å². The highest BCUT2D eigenvalue weighted by Gasteiger charge is 2.21. The van der Waals surface area contributed by atoms with Crippen LogP contribution >= 0.6 is 7.60 Å². The van der Waals surface area contributed by atoms with Gasteiger partial charge in [0.25, 0.3) is 5.56 Å². The lowest BCUT2D eigenvalue weighted by molar-refractivity contribution is 0.370. The van der Waals surface area contributed by atoms with Crippen LogP contribution in [0.1, 0.15) is 11.4 Å². The molecule has 0 aliphatic heterocycles. The van der Waals surface area contributed by atoms with Gasteiger partial charge in [-0.1, -0.05) is 0 Å². The molecule has 0 spiro atoms. The molecule has 0 unspecified atom stereocenters. The van der Waals surface area contributed by atoms with Gasteiger partial charge in [-0.15, -0.1) is 10.2 Å². The second-order valence-electron chi connectivity index (χ2n) is 4.40. The molecule has 0 bridgehead atoms. The maximum Gasteiger partial charge on any atom is 0.333 e. The average Bonchev–Trinajstić information content (AvgIpc) is 2.81. The minimum absolute atomic E-state index is 0.0147. The standard InChI is InChI=1S/C11H8N5O4P/c12-4-6-1-2-8-7(3-6)13-11(17)10-15-14-9(16(8)10)5-21(18,19)20/h1-3H,5H2,(H,13,17)(H2,18,19,20). The Kier molecular flexibility index (Phi) is 2.88. The van der Waals surface area contributed by atoms with E-state index in [1.165, 1.54) is 16.5 Å². The van der Waals surface area contributed by atoms with Crippen molar-refractivity contribution in [3.05, 3.63) is 39.9 Å². The molecule has 2 heterocycles. The summed E-state index contributed by atoms with van der Waals surface area (Å²) in [5.74, 6) is -0.0147. The number of nitriles is 1. The van der Waals surface area contributed by atoms with E-state index in [0.717, 1.165) is 0 Å². The Bertz CT molecular complexity index is 1010. The first-order chi connectivity index (χ1) is 9.89. The number of rotatable bonds is 2. The average molecular weight is 305 g/mol. The van der Waals surface area contributed by atoms with Crippen molar-refractivity contribution in [1.29, 1.82) is 5.26 Å². The second kappa shape index (κ2) is 4.49. The molecule has 0 saturated heterocycles. The van der Waals surface area contributed by atoms with Gasteiger partial charge in [0, 0.05) is 0 Å². The van der Waals surface area contributed by atoms with E-state index >= 15 is 0 Å². The molecule has 1 aromatic carbocycles. The zero-order valence-corrected chi connectivity index (χ0v) is 11.3. The molecule has 0 radical (unpaired) electrons. The molecule has 0 saturated carbocycles. The molecular weight excluding hydrogens is 297 g/mol. The summed E-state index contributed by atoms with van der Waals surface area (Å²) in [7, 11) is -4.36. The molecule has 2 aromatic heterocycles. The fourth-order valence-corrected chi connectivity index (χ4v) is 2.66. The number of hydrogen-bond acceptors (Lipinski definition) is 5. The number of aromatic amines is 1. The molecule has 21 heavy (non-hydrogen) atoms. The van der Waals surface area contributed by atoms with Crippen molar-refractivity contribution >= 4 is 24.3 Å². The third kappa shape index (κ3) is 2.32. The summed E-state index contributed by atoms with van der Waals surface area (Å²) >= 11 is 0. The number of hydrogen-bond donors (Lipinski definition) is 3. The number of nitrogens with one attached hydrogen (secondary N) is 1. The number of benzene rings is 1. The van der Waals surface area contributed by atoms with E-state index in [4.69, 9.17) is 15.0 Å². The summed E-state index contributed by atoms with van der Waals surface area (Å²) in [6, 6.07) is 6.50. The molecular formula is C11H8N5O4P. The van der Waals surface area contributed by atoms with Gasteiger partial charge < -0.3 is 14.8 Å². The molecule has 3 aromatic rings. The van der Waals surface area contributed by atoms with Crippen LogP contribution in [0.5, 0.6) is 0 Å². The quantitative estimate of drug-likeness (QED) is 0.570. The summed E-state index contributed by atoms with van der Waals surface area (Å²) < 4.78 is 12.4. The molecule has 0 aliphatic rings. The van der Waals surface area contributed by atoms with Crippen molar-refractivity contribution in [2.24, 2.45) is 0 Å². The number of H-pyrrole nitrogens is 1. The van der Waals surface area contributed by atoms with Crippen LogP contribution in [-0.4, -0.2) is 29.4 Å². The molecule has 10 heteroatoms. The van der Waals surface area contributed by atoms with E-state index in [1.807, 2.05) is 6.07 Å². The normalized spacial score (nSPS) is 11.9. The maximum absolute atomic E-state index is 11.9. The van der Waals surface area contributed by atoms with E-state index in [-0.39, 0.29) is 11.5 Å². The number of aromatic nitrogens is 4. The van der Waals surface area contributed by atoms with Gasteiger partial charge in [-0.25, -0.2) is 0 Å². The van der Waals surface area contributed by atoms with Crippen molar-refractivity contribution in [3.63, 3.8) is 0 Å². The van der Waals surface area contributed by atoms with Crippen LogP contribution in [0.4, 0.5) is 0 Å². The Morgan fingerprint density at radius 1 is 1.38 bits per heavy atom. The summed E-state index contributed by atoms with van der Waals surface area (Å²) in [5.41, 5.74) is 0.551. The van der Waals surface area contributed by atoms with Crippen LogP contribution in [-0.2, 0) is 10.7 Å². The van der Waals surface area contributed by atoms with Crippen molar-refractivity contribution < 1.29 is 14.4 Å². The van der Waals surface area contributed by atoms with Crippen LogP contribution in [0.3, 0.4) is 0 Å². The minimum Gasteiger partial charge on any atom is -0.324 e. The van der Waals surface area contributed by atoms with E-state index in [0.29, 0.717) is 16.6 Å². The van der Waals surface area contributed by atoms with Gasteiger partial charge in [-0.3, -0.25) is 13.8 Å². The lowest BCUT2D eigenvalue weighted by Gasteiger charge is -2.05. The van der Waals surface area contributed by atoms with Gasteiger partial charge in [0.1, 0.15) is 12.0 Å². The van der Waals surface area contributed by atoms with Crippen molar-refractivity contribution in [2.45, 2.75) is 6.16 Å². The lowest BCUT2D eigenvalue weighted by Crippen LogP contribution is -2.12. The predicted molar refractivity (Wildman–Crippen MR) is 71.6 cm³/mol. The molecule has 0 fully saturated rings. The predicted octanol–water partition coefficient (Wildman–Crippen LogP) is 0.120. The topological polar surface area (TPSA) is 144 Å².